The van der Waals surface area contributed by atoms with Crippen molar-refractivity contribution >= 4 is 24.8 Å². The fourth-order valence-corrected chi connectivity index (χ4v) is 3.23. The van der Waals surface area contributed by atoms with Crippen LogP contribution in [0.2, 0.25) is 0 Å². The van der Waals surface area contributed by atoms with Crippen LogP contribution in [0.1, 0.15) is 50.5 Å². The Balaban J connectivity index is 0.00000261. The van der Waals surface area contributed by atoms with E-state index in [1.807, 2.05) is 18.2 Å². The van der Waals surface area contributed by atoms with Gasteiger partial charge in [-0.25, -0.2) is 4.79 Å². The maximum atomic E-state index is 12.3. The molecule has 0 aromatic heterocycles. The summed E-state index contributed by atoms with van der Waals surface area (Å²) in [6, 6.07) is 19.9. The number of esters is 1. The van der Waals surface area contributed by atoms with Gasteiger partial charge in [-0.1, -0.05) is 74.2 Å². The molecule has 2 aromatic rings. The van der Waals surface area contributed by atoms with Crippen molar-refractivity contribution in [2.45, 2.75) is 57.0 Å². The molecule has 0 aliphatic carbocycles. The number of ether oxygens (including phenoxy) is 2. The number of aryl methyl sites for hydroxylation is 1. The van der Waals surface area contributed by atoms with Crippen molar-refractivity contribution in [1.82, 2.24) is 0 Å². The summed E-state index contributed by atoms with van der Waals surface area (Å²) in [4.78, 5) is 12.3. The Morgan fingerprint density at radius 1 is 0.852 bits per heavy atom. The zero-order valence-corrected chi connectivity index (χ0v) is 15.4. The second-order valence-electron chi connectivity index (χ2n) is 7.09. The van der Waals surface area contributed by atoms with E-state index in [0.717, 1.165) is 19.3 Å². The van der Waals surface area contributed by atoms with Crippen molar-refractivity contribution in [2.24, 2.45) is 0 Å². The third-order valence-electron chi connectivity index (χ3n) is 4.96. The molecule has 1 fully saturated rings. The molecule has 3 rings (SSSR count). The second kappa shape index (κ2) is 11.3. The Kier molecular flexibility index (Phi) is 9.14. The van der Waals surface area contributed by atoms with Crippen LogP contribution in [0.25, 0.3) is 0 Å². The van der Waals surface area contributed by atoms with E-state index in [4.69, 9.17) is 9.47 Å². The second-order valence-corrected chi connectivity index (χ2v) is 7.09. The van der Waals surface area contributed by atoms with E-state index >= 15 is 0 Å². The van der Waals surface area contributed by atoms with Gasteiger partial charge in [0, 0.05) is 0 Å². The van der Waals surface area contributed by atoms with Gasteiger partial charge in [-0.2, -0.15) is 0 Å². The molecule has 0 radical (unpaired) electrons. The van der Waals surface area contributed by atoms with Gasteiger partial charge in [0.25, 0.3) is 0 Å². The molecule has 0 spiro atoms. The first kappa shape index (κ1) is 21.8. The van der Waals surface area contributed by atoms with Gasteiger partial charge < -0.3 is 9.47 Å². The van der Waals surface area contributed by atoms with Crippen molar-refractivity contribution in [3.63, 3.8) is 0 Å². The van der Waals surface area contributed by atoms with E-state index in [1.54, 1.807) is 12.1 Å². The van der Waals surface area contributed by atoms with Crippen LogP contribution in [0.5, 0.6) is 5.75 Å². The fourth-order valence-electron chi connectivity index (χ4n) is 3.23. The molecule has 0 saturated carbocycles. The van der Waals surface area contributed by atoms with Gasteiger partial charge >= 0.3 is 24.8 Å². The van der Waals surface area contributed by atoms with E-state index in [9.17, 15) is 4.79 Å². The van der Waals surface area contributed by atoms with Crippen LogP contribution >= 0.6 is 0 Å². The number of unbranched alkanes of at least 4 members (excludes halogenated alkanes) is 5. The summed E-state index contributed by atoms with van der Waals surface area (Å²) in [5.74, 6) is 0.345. The van der Waals surface area contributed by atoms with Crippen LogP contribution < -0.4 is 4.74 Å². The van der Waals surface area contributed by atoms with Gasteiger partial charge in [0.1, 0.15) is 5.75 Å². The van der Waals surface area contributed by atoms with Gasteiger partial charge in [-0.05, 0) is 43.4 Å². The van der Waals surface area contributed by atoms with Gasteiger partial charge in [-0.15, -0.1) is 0 Å². The predicted octanol–water partition coefficient (Wildman–Crippen LogP) is 4.69. The van der Waals surface area contributed by atoms with E-state index in [0.29, 0.717) is 12.4 Å². The van der Waals surface area contributed by atoms with Crippen molar-refractivity contribution in [3.8, 4) is 5.75 Å². The van der Waals surface area contributed by atoms with Crippen molar-refractivity contribution < 1.29 is 14.3 Å². The number of carbonyl (C=O) groups excluding carboxylic acids is 1. The number of carbonyl (C=O) groups is 1. The number of para-hydroxylation sites is 1. The summed E-state index contributed by atoms with van der Waals surface area (Å²) in [5, 5.41) is 0. The van der Waals surface area contributed by atoms with Crippen molar-refractivity contribution in [2.75, 3.05) is 6.61 Å². The van der Waals surface area contributed by atoms with Crippen LogP contribution in [-0.4, -0.2) is 37.0 Å². The average Bonchev–Trinajstić information content (AvgIpc) is 3.47. The summed E-state index contributed by atoms with van der Waals surface area (Å²) in [6.45, 7) is 0.496. The zero-order chi connectivity index (χ0) is 18.1. The summed E-state index contributed by atoms with van der Waals surface area (Å²) < 4.78 is 10.9. The summed E-state index contributed by atoms with van der Waals surface area (Å²) in [6.07, 6.45) is 9.10. The molecular weight excluding hydrogens is 331 g/mol. The minimum atomic E-state index is -0.677. The molecule has 1 heterocycles. The van der Waals surface area contributed by atoms with Crippen LogP contribution in [0, 0.1) is 0 Å². The number of hydrogen-bond donors (Lipinski definition) is 0. The predicted molar refractivity (Wildman–Crippen MR) is 110 cm³/mol. The maximum absolute atomic E-state index is 12.3. The molecule has 1 aliphatic rings. The normalized spacial score (nSPS) is 17.8. The quantitative estimate of drug-likeness (QED) is 0.192. The topological polar surface area (TPSA) is 38.8 Å². The Labute approximate surface area is 174 Å². The van der Waals surface area contributed by atoms with E-state index in [-0.39, 0.29) is 24.8 Å². The molecule has 140 valence electrons. The van der Waals surface area contributed by atoms with Crippen LogP contribution in [-0.2, 0) is 16.0 Å². The van der Waals surface area contributed by atoms with E-state index < -0.39 is 5.60 Å². The summed E-state index contributed by atoms with van der Waals surface area (Å²) in [7, 11) is 0. The van der Waals surface area contributed by atoms with Crippen molar-refractivity contribution in [1.29, 1.82) is 0 Å². The minimum absolute atomic E-state index is 0. The fraction of sp³-hybridized carbons (Fsp3) is 0.435. The molecule has 4 heteroatoms. The molecule has 1 saturated heterocycles. The summed E-state index contributed by atoms with van der Waals surface area (Å²) >= 11 is 0. The molecule has 0 bridgehead atoms. The van der Waals surface area contributed by atoms with Gasteiger partial charge in [0.15, 0.2) is 5.60 Å². The van der Waals surface area contributed by atoms with Crippen LogP contribution in [0.4, 0.5) is 0 Å². The first-order chi connectivity index (χ1) is 12.8. The zero-order valence-electron chi connectivity index (χ0n) is 15.4. The average molecular weight is 360 g/mol. The SMILES string of the molecule is O=C(Oc1ccccc1)C1(CCCCCCCCc2ccccc2)CO1.[LiH]. The number of benzene rings is 2. The molecule has 1 unspecified atom stereocenters. The van der Waals surface area contributed by atoms with Gasteiger partial charge in [-0.3, -0.25) is 0 Å². The molecule has 0 amide bonds. The first-order valence-electron chi connectivity index (χ1n) is 9.74. The Morgan fingerprint density at radius 3 is 2.04 bits per heavy atom. The van der Waals surface area contributed by atoms with Gasteiger partial charge in [0.2, 0.25) is 0 Å². The standard InChI is InChI=1S/C23H28O3.Li.H/c24-22(26-21-16-10-6-11-17-21)23(19-25-23)18-12-4-2-1-3-7-13-20-14-8-5-9-15-20;;/h5-6,8-11,14-17H,1-4,7,12-13,18-19H2;;. The monoisotopic (exact) mass is 360 g/mol. The van der Waals surface area contributed by atoms with Gasteiger partial charge in [0.05, 0.1) is 6.61 Å². The third-order valence-corrected chi connectivity index (χ3v) is 4.96. The number of epoxide rings is 1. The molecule has 27 heavy (non-hydrogen) atoms. The van der Waals surface area contributed by atoms with Crippen LogP contribution in [0.15, 0.2) is 60.7 Å². The third kappa shape index (κ3) is 7.18. The molecule has 1 atom stereocenters. The Hall–Kier alpha value is -1.53. The molecule has 1 aliphatic heterocycles. The first-order valence-corrected chi connectivity index (χ1v) is 9.74. The van der Waals surface area contributed by atoms with Crippen molar-refractivity contribution in [3.05, 3.63) is 66.2 Å². The molecule has 2 aromatic carbocycles. The number of rotatable bonds is 11. The Bertz CT molecular complexity index is 669. The molecule has 3 nitrogen and oxygen atoms in total. The van der Waals surface area contributed by atoms with Crippen LogP contribution in [0.3, 0.4) is 0 Å². The number of hydrogen-bond acceptors (Lipinski definition) is 3. The van der Waals surface area contributed by atoms with E-state index in [1.165, 1.54) is 37.7 Å². The molecular formula is C23H29LiO3. The molecule has 0 N–H and O–H groups in total. The van der Waals surface area contributed by atoms with E-state index in [2.05, 4.69) is 30.3 Å². The summed E-state index contributed by atoms with van der Waals surface area (Å²) in [5.41, 5.74) is 0.751. The Morgan fingerprint density at radius 2 is 1.41 bits per heavy atom.